The van der Waals surface area contributed by atoms with Crippen molar-refractivity contribution in [1.29, 1.82) is 0 Å². The number of fused-ring (bicyclic) bond motifs is 5. The van der Waals surface area contributed by atoms with Crippen LogP contribution < -0.4 is 5.32 Å². The third-order valence-electron chi connectivity index (χ3n) is 10.1. The van der Waals surface area contributed by atoms with E-state index in [4.69, 9.17) is 0 Å². The van der Waals surface area contributed by atoms with Gasteiger partial charge < -0.3 is 15.5 Å². The first-order valence-corrected chi connectivity index (χ1v) is 13.3. The molecule has 0 bridgehead atoms. The molecule has 3 saturated carbocycles. The Kier molecular flexibility index (Phi) is 6.65. The quantitative estimate of drug-likeness (QED) is 0.476. The van der Waals surface area contributed by atoms with Gasteiger partial charge in [-0.25, -0.2) is 4.39 Å². The molecule has 190 valence electrons. The van der Waals surface area contributed by atoms with Crippen molar-refractivity contribution < 1.29 is 24.2 Å². The molecule has 0 unspecified atom stereocenters. The standard InChI is InChI=1S/C28H42FNO4/c1-5-6-7-8-9-14-30-24(33)28(34)18(2)15-22-21-11-10-19-16-20(31)12-13-25(19,3)27(21,29)23(32)17-26(22,28)4/h12-13,16,18,21-23,32,34H,5-11,14-15,17H2,1-4H3,(H,30,33)/t18-,21+,22+,23+,25+,26+,27+,28+/m1/s1. The Morgan fingerprint density at radius 2 is 1.91 bits per heavy atom. The average Bonchev–Trinajstić information content (AvgIpc) is 2.99. The zero-order valence-electron chi connectivity index (χ0n) is 21.2. The minimum atomic E-state index is -1.95. The molecule has 4 aliphatic rings. The summed E-state index contributed by atoms with van der Waals surface area (Å²) in [4.78, 5) is 25.4. The number of unbranched alkanes of at least 4 members (excludes halogenated alkanes) is 4. The summed E-state index contributed by atoms with van der Waals surface area (Å²) in [5.41, 5.74) is -4.85. The Labute approximate surface area is 203 Å². The number of carbonyl (C=O) groups excluding carboxylic acids is 2. The van der Waals surface area contributed by atoms with E-state index in [1.807, 2.05) is 13.8 Å². The maximum Gasteiger partial charge on any atom is 0.252 e. The fraction of sp³-hybridized carbons (Fsp3) is 0.786. The first kappa shape index (κ1) is 25.6. The van der Waals surface area contributed by atoms with E-state index in [-0.39, 0.29) is 29.9 Å². The summed E-state index contributed by atoms with van der Waals surface area (Å²) in [7, 11) is 0. The van der Waals surface area contributed by atoms with Gasteiger partial charge in [-0.3, -0.25) is 9.59 Å². The largest absolute Gasteiger partial charge is 0.390 e. The molecule has 0 aromatic rings. The lowest BCUT2D eigenvalue weighted by molar-refractivity contribution is -0.219. The number of aliphatic hydroxyl groups excluding tert-OH is 1. The second kappa shape index (κ2) is 8.85. The van der Waals surface area contributed by atoms with Crippen LogP contribution in [0.15, 0.2) is 23.8 Å². The van der Waals surface area contributed by atoms with Crippen LogP contribution in [0.3, 0.4) is 0 Å². The molecule has 5 nitrogen and oxygen atoms in total. The molecule has 0 aromatic heterocycles. The Balaban J connectivity index is 1.59. The Hall–Kier alpha value is -1.53. The van der Waals surface area contributed by atoms with E-state index in [0.29, 0.717) is 25.8 Å². The Morgan fingerprint density at radius 1 is 1.21 bits per heavy atom. The zero-order chi connectivity index (χ0) is 24.9. The number of rotatable bonds is 7. The van der Waals surface area contributed by atoms with E-state index in [1.54, 1.807) is 13.0 Å². The van der Waals surface area contributed by atoms with Gasteiger partial charge in [0.25, 0.3) is 5.91 Å². The Bertz CT molecular complexity index is 901. The van der Waals surface area contributed by atoms with Crippen molar-refractivity contribution in [2.75, 3.05) is 6.54 Å². The van der Waals surface area contributed by atoms with Crippen LogP contribution in [0, 0.1) is 28.6 Å². The van der Waals surface area contributed by atoms with Gasteiger partial charge in [-0.15, -0.1) is 0 Å². The van der Waals surface area contributed by atoms with Crippen molar-refractivity contribution in [1.82, 2.24) is 5.32 Å². The average molecular weight is 476 g/mol. The van der Waals surface area contributed by atoms with E-state index < -0.39 is 34.1 Å². The Morgan fingerprint density at radius 3 is 2.62 bits per heavy atom. The van der Waals surface area contributed by atoms with E-state index >= 15 is 4.39 Å². The fourth-order valence-corrected chi connectivity index (χ4v) is 8.10. The molecule has 1 amide bonds. The number of allylic oxidation sites excluding steroid dienone is 4. The van der Waals surface area contributed by atoms with Crippen molar-refractivity contribution in [3.8, 4) is 0 Å². The lowest BCUT2D eigenvalue weighted by Crippen LogP contribution is -2.70. The topological polar surface area (TPSA) is 86.6 Å². The summed E-state index contributed by atoms with van der Waals surface area (Å²) in [6, 6.07) is 0. The molecule has 8 atom stereocenters. The highest BCUT2D eigenvalue weighted by Gasteiger charge is 2.75. The van der Waals surface area contributed by atoms with Crippen LogP contribution in [-0.2, 0) is 9.59 Å². The molecule has 0 aliphatic heterocycles. The maximum absolute atomic E-state index is 17.2. The number of alkyl halides is 1. The highest BCUT2D eigenvalue weighted by atomic mass is 19.1. The van der Waals surface area contributed by atoms with Gasteiger partial charge in [0.05, 0.1) is 6.10 Å². The predicted molar refractivity (Wildman–Crippen MR) is 130 cm³/mol. The summed E-state index contributed by atoms with van der Waals surface area (Å²) in [5.74, 6) is -1.60. The molecule has 0 heterocycles. The van der Waals surface area contributed by atoms with Crippen LogP contribution in [0.2, 0.25) is 0 Å². The lowest BCUT2D eigenvalue weighted by atomic mass is 9.44. The number of ketones is 1. The molecule has 3 N–H and O–H groups in total. The lowest BCUT2D eigenvalue weighted by Gasteiger charge is -2.62. The number of carbonyl (C=O) groups is 2. The van der Waals surface area contributed by atoms with Crippen molar-refractivity contribution in [3.63, 3.8) is 0 Å². The van der Waals surface area contributed by atoms with E-state index in [2.05, 4.69) is 12.2 Å². The molecular weight excluding hydrogens is 433 g/mol. The first-order chi connectivity index (χ1) is 16.0. The molecule has 0 aromatic carbocycles. The minimum Gasteiger partial charge on any atom is -0.390 e. The monoisotopic (exact) mass is 475 g/mol. The second-order valence-electron chi connectivity index (χ2n) is 11.8. The fourth-order valence-electron chi connectivity index (χ4n) is 8.10. The van der Waals surface area contributed by atoms with E-state index in [0.717, 1.165) is 31.3 Å². The van der Waals surface area contributed by atoms with Crippen molar-refractivity contribution in [2.24, 2.45) is 28.6 Å². The van der Waals surface area contributed by atoms with Crippen LogP contribution in [-0.4, -0.2) is 45.8 Å². The first-order valence-electron chi connectivity index (χ1n) is 13.3. The molecule has 0 saturated heterocycles. The van der Waals surface area contributed by atoms with Gasteiger partial charge in [0.1, 0.15) is 0 Å². The third-order valence-corrected chi connectivity index (χ3v) is 10.1. The van der Waals surface area contributed by atoms with Gasteiger partial charge >= 0.3 is 0 Å². The van der Waals surface area contributed by atoms with Gasteiger partial charge in [0, 0.05) is 23.3 Å². The summed E-state index contributed by atoms with van der Waals surface area (Å²) >= 11 is 0. The van der Waals surface area contributed by atoms with Crippen molar-refractivity contribution in [2.45, 2.75) is 103 Å². The molecular formula is C28H42FNO4. The number of hydrogen-bond donors (Lipinski definition) is 3. The van der Waals surface area contributed by atoms with Gasteiger partial charge in [-0.05, 0) is 63.0 Å². The summed E-state index contributed by atoms with van der Waals surface area (Å²) in [6.07, 6.45) is 10.2. The van der Waals surface area contributed by atoms with Crippen LogP contribution in [0.1, 0.15) is 85.5 Å². The van der Waals surface area contributed by atoms with E-state index in [9.17, 15) is 19.8 Å². The van der Waals surface area contributed by atoms with Gasteiger partial charge in [0.15, 0.2) is 17.1 Å². The summed E-state index contributed by atoms with van der Waals surface area (Å²) in [5, 5.41) is 26.3. The van der Waals surface area contributed by atoms with Crippen molar-refractivity contribution >= 4 is 11.7 Å². The van der Waals surface area contributed by atoms with Crippen LogP contribution in [0.4, 0.5) is 4.39 Å². The molecule has 4 rings (SSSR count). The zero-order valence-corrected chi connectivity index (χ0v) is 21.2. The summed E-state index contributed by atoms with van der Waals surface area (Å²) in [6.45, 7) is 8.22. The third kappa shape index (κ3) is 3.38. The van der Waals surface area contributed by atoms with Gasteiger partial charge in [-0.1, -0.05) is 58.1 Å². The minimum absolute atomic E-state index is 0.0140. The molecule has 6 heteroatoms. The predicted octanol–water partition coefficient (Wildman–Crippen LogP) is 4.42. The molecule has 0 spiro atoms. The number of nitrogens with one attached hydrogen (secondary N) is 1. The highest BCUT2D eigenvalue weighted by molar-refractivity contribution is 6.01. The normalized spacial score (nSPS) is 45.3. The molecule has 0 radical (unpaired) electrons. The molecule has 34 heavy (non-hydrogen) atoms. The smallest absolute Gasteiger partial charge is 0.252 e. The highest BCUT2D eigenvalue weighted by Crippen LogP contribution is 2.70. The SMILES string of the molecule is CCCCCCCNC(=O)[C@@]1(O)[C@H](C)C[C@H]2[C@@H]3CCC4=CC(=O)C=C[C@]4(C)[C@@]3(F)[C@@H](O)C[C@@]21C. The van der Waals surface area contributed by atoms with Crippen LogP contribution in [0.25, 0.3) is 0 Å². The maximum atomic E-state index is 17.2. The van der Waals surface area contributed by atoms with Gasteiger partial charge in [-0.2, -0.15) is 0 Å². The number of aliphatic hydroxyl groups is 2. The second-order valence-corrected chi connectivity index (χ2v) is 11.8. The number of amides is 1. The van der Waals surface area contributed by atoms with Gasteiger partial charge in [0.2, 0.25) is 0 Å². The van der Waals surface area contributed by atoms with Crippen LogP contribution >= 0.6 is 0 Å². The molecule has 3 fully saturated rings. The van der Waals surface area contributed by atoms with E-state index in [1.165, 1.54) is 18.6 Å². The number of halogens is 1. The summed E-state index contributed by atoms with van der Waals surface area (Å²) < 4.78 is 17.2. The molecule has 4 aliphatic carbocycles. The van der Waals surface area contributed by atoms with Crippen LogP contribution in [0.5, 0.6) is 0 Å². The number of hydrogen-bond acceptors (Lipinski definition) is 4. The van der Waals surface area contributed by atoms with Crippen molar-refractivity contribution in [3.05, 3.63) is 23.8 Å².